The van der Waals surface area contributed by atoms with Crippen LogP contribution in [-0.2, 0) is 6.54 Å². The Balaban J connectivity index is 2.14. The molecule has 1 aromatic rings. The number of nitrogens with zero attached hydrogens (tertiary/aromatic N) is 2. The number of rotatable bonds is 4. The average Bonchev–Trinajstić information content (AvgIpc) is 2.63. The Kier molecular flexibility index (Phi) is 5.34. The number of hydrogen-bond donors (Lipinski definition) is 1. The molecule has 1 heterocycles. The Labute approximate surface area is 126 Å². The molecule has 0 atom stereocenters. The second-order valence-electron chi connectivity index (χ2n) is 5.32. The molecule has 1 aliphatic heterocycles. The fourth-order valence-corrected chi connectivity index (χ4v) is 2.68. The summed E-state index contributed by atoms with van der Waals surface area (Å²) in [6, 6.07) is 5.92. The van der Waals surface area contributed by atoms with Gasteiger partial charge in [0.25, 0.3) is 0 Å². The summed E-state index contributed by atoms with van der Waals surface area (Å²) in [4.78, 5) is 5.28. The molecule has 0 saturated carbocycles. The largest absolute Gasteiger partial charge is 0.496 e. The van der Waals surface area contributed by atoms with E-state index in [2.05, 4.69) is 22.9 Å². The Hall–Kier alpha value is -1.17. The molecular formula is C15H23N3OS. The fourth-order valence-electron chi connectivity index (χ4n) is 2.55. The smallest absolute Gasteiger partial charge is 0.123 e. The van der Waals surface area contributed by atoms with Crippen LogP contribution in [0.3, 0.4) is 0 Å². The van der Waals surface area contributed by atoms with Gasteiger partial charge in [-0.1, -0.05) is 12.2 Å². The Morgan fingerprint density at radius 2 is 2.10 bits per heavy atom. The van der Waals surface area contributed by atoms with Crippen LogP contribution in [0.15, 0.2) is 18.2 Å². The molecular weight excluding hydrogens is 270 g/mol. The van der Waals surface area contributed by atoms with E-state index in [1.165, 1.54) is 13.0 Å². The van der Waals surface area contributed by atoms with Gasteiger partial charge in [0.05, 0.1) is 7.11 Å². The summed E-state index contributed by atoms with van der Waals surface area (Å²) < 4.78 is 5.45. The van der Waals surface area contributed by atoms with Crippen LogP contribution in [0.25, 0.3) is 0 Å². The maximum atomic E-state index is 5.72. The first-order chi connectivity index (χ1) is 9.60. The lowest BCUT2D eigenvalue weighted by molar-refractivity contribution is 0.265. The van der Waals surface area contributed by atoms with Gasteiger partial charge < -0.3 is 15.4 Å². The number of likely N-dealkylation sites (N-methyl/N-ethyl adjacent to an activating group) is 1. The van der Waals surface area contributed by atoms with Gasteiger partial charge >= 0.3 is 0 Å². The number of benzene rings is 1. The first kappa shape index (κ1) is 15.2. The molecule has 1 aromatic carbocycles. The number of hydrogen-bond acceptors (Lipinski definition) is 4. The van der Waals surface area contributed by atoms with Crippen LogP contribution >= 0.6 is 12.2 Å². The van der Waals surface area contributed by atoms with Crippen molar-refractivity contribution in [3.8, 4) is 5.75 Å². The van der Waals surface area contributed by atoms with E-state index in [0.29, 0.717) is 4.99 Å². The van der Waals surface area contributed by atoms with Crippen LogP contribution in [-0.4, -0.2) is 55.1 Å². The second kappa shape index (κ2) is 7.02. The Bertz CT molecular complexity index is 478. The van der Waals surface area contributed by atoms with Gasteiger partial charge in [0.15, 0.2) is 0 Å². The standard InChI is InChI=1S/C15H23N3OS/c1-17-6-3-7-18(9-8-17)11-13-10-12(15(16)20)4-5-14(13)19-2/h4-5,10H,3,6-9,11H2,1-2H3,(H2,16,20). The van der Waals surface area contributed by atoms with E-state index < -0.39 is 0 Å². The Morgan fingerprint density at radius 1 is 1.30 bits per heavy atom. The van der Waals surface area contributed by atoms with E-state index >= 15 is 0 Å². The highest BCUT2D eigenvalue weighted by Gasteiger charge is 2.15. The van der Waals surface area contributed by atoms with E-state index in [4.69, 9.17) is 22.7 Å². The topological polar surface area (TPSA) is 41.7 Å². The number of ether oxygens (including phenoxy) is 1. The van der Waals surface area contributed by atoms with Gasteiger partial charge in [-0.15, -0.1) is 0 Å². The molecule has 2 N–H and O–H groups in total. The average molecular weight is 293 g/mol. The summed E-state index contributed by atoms with van der Waals surface area (Å²) in [5.74, 6) is 0.905. The monoisotopic (exact) mass is 293 g/mol. The van der Waals surface area contributed by atoms with Crippen molar-refractivity contribution in [1.82, 2.24) is 9.80 Å². The first-order valence-electron chi connectivity index (χ1n) is 6.98. The predicted octanol–water partition coefficient (Wildman–Crippen LogP) is 1.47. The highest BCUT2D eigenvalue weighted by molar-refractivity contribution is 7.80. The Morgan fingerprint density at radius 3 is 2.80 bits per heavy atom. The highest BCUT2D eigenvalue weighted by atomic mass is 32.1. The second-order valence-corrected chi connectivity index (χ2v) is 5.76. The van der Waals surface area contributed by atoms with E-state index in [1.807, 2.05) is 12.1 Å². The van der Waals surface area contributed by atoms with Gasteiger partial charge in [-0.05, 0) is 44.8 Å². The molecule has 2 rings (SSSR count). The van der Waals surface area contributed by atoms with Crippen molar-refractivity contribution in [2.75, 3.05) is 40.3 Å². The SMILES string of the molecule is COc1ccc(C(N)=S)cc1CN1CCCN(C)CC1. The summed E-state index contributed by atoms with van der Waals surface area (Å²) in [6.45, 7) is 5.35. The first-order valence-corrected chi connectivity index (χ1v) is 7.38. The van der Waals surface area contributed by atoms with Crippen molar-refractivity contribution >= 4 is 17.2 Å². The zero-order valence-corrected chi connectivity index (χ0v) is 13.1. The minimum absolute atomic E-state index is 0.435. The maximum absolute atomic E-state index is 5.72. The molecule has 0 amide bonds. The third-order valence-electron chi connectivity index (χ3n) is 3.77. The zero-order chi connectivity index (χ0) is 14.5. The molecule has 4 nitrogen and oxygen atoms in total. The van der Waals surface area contributed by atoms with Crippen LogP contribution in [0.5, 0.6) is 5.75 Å². The molecule has 1 fully saturated rings. The molecule has 20 heavy (non-hydrogen) atoms. The van der Waals surface area contributed by atoms with Crippen LogP contribution in [0.4, 0.5) is 0 Å². The van der Waals surface area contributed by atoms with E-state index in [-0.39, 0.29) is 0 Å². The fraction of sp³-hybridized carbons (Fsp3) is 0.533. The quantitative estimate of drug-likeness (QED) is 0.852. The van der Waals surface area contributed by atoms with Crippen molar-refractivity contribution < 1.29 is 4.74 Å². The molecule has 0 unspecified atom stereocenters. The van der Waals surface area contributed by atoms with Gasteiger partial charge in [0.2, 0.25) is 0 Å². The summed E-state index contributed by atoms with van der Waals surface area (Å²) in [7, 11) is 3.88. The van der Waals surface area contributed by atoms with Crippen LogP contribution in [0.1, 0.15) is 17.5 Å². The molecule has 1 aliphatic rings. The van der Waals surface area contributed by atoms with Crippen molar-refractivity contribution in [1.29, 1.82) is 0 Å². The maximum Gasteiger partial charge on any atom is 0.123 e. The number of nitrogens with two attached hydrogens (primary N) is 1. The summed E-state index contributed by atoms with van der Waals surface area (Å²) in [5.41, 5.74) is 7.78. The number of thiocarbonyl (C=S) groups is 1. The summed E-state index contributed by atoms with van der Waals surface area (Å²) >= 11 is 5.06. The molecule has 5 heteroatoms. The van der Waals surface area contributed by atoms with Gasteiger partial charge in [-0.25, -0.2) is 0 Å². The van der Waals surface area contributed by atoms with Gasteiger partial charge in [-0.2, -0.15) is 0 Å². The zero-order valence-electron chi connectivity index (χ0n) is 12.3. The molecule has 0 radical (unpaired) electrons. The molecule has 0 bridgehead atoms. The third kappa shape index (κ3) is 3.91. The lowest BCUT2D eigenvalue weighted by Crippen LogP contribution is -2.28. The van der Waals surface area contributed by atoms with E-state index in [1.54, 1.807) is 7.11 Å². The molecule has 0 aromatic heterocycles. The molecule has 110 valence electrons. The van der Waals surface area contributed by atoms with Gasteiger partial charge in [-0.3, -0.25) is 4.90 Å². The highest BCUT2D eigenvalue weighted by Crippen LogP contribution is 2.22. The van der Waals surface area contributed by atoms with Crippen LogP contribution < -0.4 is 10.5 Å². The van der Waals surface area contributed by atoms with Crippen molar-refractivity contribution in [2.24, 2.45) is 5.73 Å². The van der Waals surface area contributed by atoms with E-state index in [9.17, 15) is 0 Å². The molecule has 0 aliphatic carbocycles. The van der Waals surface area contributed by atoms with Crippen LogP contribution in [0.2, 0.25) is 0 Å². The summed E-state index contributed by atoms with van der Waals surface area (Å²) in [6.07, 6.45) is 1.20. The molecule has 0 spiro atoms. The lowest BCUT2D eigenvalue weighted by atomic mass is 10.1. The van der Waals surface area contributed by atoms with Gasteiger partial charge in [0.1, 0.15) is 10.7 Å². The van der Waals surface area contributed by atoms with Crippen molar-refractivity contribution in [2.45, 2.75) is 13.0 Å². The minimum atomic E-state index is 0.435. The number of methoxy groups -OCH3 is 1. The van der Waals surface area contributed by atoms with Gasteiger partial charge in [0, 0.05) is 30.8 Å². The predicted molar refractivity (Wildman–Crippen MR) is 86.3 cm³/mol. The third-order valence-corrected chi connectivity index (χ3v) is 4.01. The van der Waals surface area contributed by atoms with E-state index in [0.717, 1.165) is 43.1 Å². The lowest BCUT2D eigenvalue weighted by Gasteiger charge is -2.21. The molecule has 1 saturated heterocycles. The van der Waals surface area contributed by atoms with Crippen molar-refractivity contribution in [3.63, 3.8) is 0 Å². The normalized spacial score (nSPS) is 17.7. The van der Waals surface area contributed by atoms with Crippen LogP contribution in [0, 0.1) is 0 Å². The summed E-state index contributed by atoms with van der Waals surface area (Å²) in [5, 5.41) is 0. The minimum Gasteiger partial charge on any atom is -0.496 e. The van der Waals surface area contributed by atoms with Crippen molar-refractivity contribution in [3.05, 3.63) is 29.3 Å².